The highest BCUT2D eigenvalue weighted by molar-refractivity contribution is 5.83. The van der Waals surface area contributed by atoms with Crippen molar-refractivity contribution in [3.05, 3.63) is 82.1 Å². The number of benzene rings is 2. The van der Waals surface area contributed by atoms with E-state index in [0.717, 1.165) is 22.4 Å². The summed E-state index contributed by atoms with van der Waals surface area (Å²) in [7, 11) is 0. The molecule has 0 saturated carbocycles. The molecule has 4 N–H and O–H groups in total. The summed E-state index contributed by atoms with van der Waals surface area (Å²) >= 11 is 0. The number of hydrogen-bond donors (Lipinski definition) is 3. The zero-order valence-corrected chi connectivity index (χ0v) is 14.0. The Bertz CT molecular complexity index is 922. The maximum absolute atomic E-state index is 11.5. The molecule has 26 heavy (non-hydrogen) atoms. The Morgan fingerprint density at radius 1 is 1.27 bits per heavy atom. The molecule has 2 unspecified atom stereocenters. The molecule has 0 aliphatic heterocycles. The van der Waals surface area contributed by atoms with E-state index in [1.54, 1.807) is 0 Å². The van der Waals surface area contributed by atoms with Crippen molar-refractivity contribution in [1.82, 2.24) is 5.32 Å². The second kappa shape index (κ2) is 7.07. The number of aliphatic carboxylic acids is 1. The maximum atomic E-state index is 11.5. The topological polar surface area (TPSA) is 118 Å². The molecule has 1 aliphatic rings. The highest BCUT2D eigenvalue weighted by atomic mass is 16.6. The van der Waals surface area contributed by atoms with E-state index in [9.17, 15) is 20.0 Å². The van der Waals surface area contributed by atoms with Gasteiger partial charge in [0.05, 0.1) is 4.92 Å². The van der Waals surface area contributed by atoms with Crippen molar-refractivity contribution in [3.63, 3.8) is 0 Å². The summed E-state index contributed by atoms with van der Waals surface area (Å²) in [4.78, 5) is 21.7. The van der Waals surface area contributed by atoms with Crippen LogP contribution in [0.4, 0.5) is 0 Å². The quantitative estimate of drug-likeness (QED) is 0.415. The summed E-state index contributed by atoms with van der Waals surface area (Å²) in [6.07, 6.45) is 4.31. The normalized spacial score (nSPS) is 22.2. The van der Waals surface area contributed by atoms with E-state index in [1.165, 1.54) is 12.2 Å². The van der Waals surface area contributed by atoms with Gasteiger partial charge in [0.1, 0.15) is 11.6 Å². The summed E-state index contributed by atoms with van der Waals surface area (Å²) in [6.45, 7) is 0.435. The van der Waals surface area contributed by atoms with E-state index < -0.39 is 22.5 Å². The van der Waals surface area contributed by atoms with Crippen molar-refractivity contribution in [2.24, 2.45) is 11.7 Å². The third-order valence-electron chi connectivity index (χ3n) is 4.52. The summed E-state index contributed by atoms with van der Waals surface area (Å²) in [5, 5.41) is 25.6. The number of nitrogens with two attached hydrogens (primary N) is 1. The molecule has 0 aromatic heterocycles. The van der Waals surface area contributed by atoms with Crippen LogP contribution in [-0.4, -0.2) is 28.2 Å². The number of rotatable bonds is 6. The van der Waals surface area contributed by atoms with Crippen LogP contribution in [-0.2, 0) is 11.2 Å². The van der Waals surface area contributed by atoms with Gasteiger partial charge in [-0.2, -0.15) is 0 Å². The third-order valence-corrected chi connectivity index (χ3v) is 4.52. The number of carboxylic acid groups (broad SMARTS) is 1. The highest BCUT2D eigenvalue weighted by Crippen LogP contribution is 2.24. The Labute approximate surface area is 150 Å². The van der Waals surface area contributed by atoms with Gasteiger partial charge in [0.2, 0.25) is 0 Å². The summed E-state index contributed by atoms with van der Waals surface area (Å²) in [6, 6.07) is 14.2. The molecule has 2 aromatic rings. The first-order valence-corrected chi connectivity index (χ1v) is 8.19. The molecule has 0 radical (unpaired) electrons. The van der Waals surface area contributed by atoms with Gasteiger partial charge in [-0.25, -0.2) is 0 Å². The Balaban J connectivity index is 1.70. The van der Waals surface area contributed by atoms with Gasteiger partial charge in [-0.15, -0.1) is 0 Å². The lowest BCUT2D eigenvalue weighted by Gasteiger charge is -2.33. The van der Waals surface area contributed by atoms with Crippen LogP contribution in [0, 0.1) is 16.0 Å². The molecule has 7 heteroatoms. The first kappa shape index (κ1) is 17.8. The molecule has 0 bridgehead atoms. The van der Waals surface area contributed by atoms with Crippen LogP contribution in [0.2, 0.25) is 0 Å². The minimum atomic E-state index is -1.37. The predicted octanol–water partition coefficient (Wildman–Crippen LogP) is 2.06. The van der Waals surface area contributed by atoms with E-state index in [1.807, 2.05) is 36.4 Å². The Morgan fingerprint density at radius 2 is 2.00 bits per heavy atom. The van der Waals surface area contributed by atoms with Crippen LogP contribution < -0.4 is 11.1 Å². The van der Waals surface area contributed by atoms with Gasteiger partial charge in [0, 0.05) is 18.7 Å². The van der Waals surface area contributed by atoms with Crippen LogP contribution in [0.1, 0.15) is 5.56 Å². The number of nitrogens with one attached hydrogen (secondary N) is 1. The average Bonchev–Trinajstić information content (AvgIpc) is 2.61. The van der Waals surface area contributed by atoms with Crippen LogP contribution in [0.15, 0.2) is 66.4 Å². The van der Waals surface area contributed by atoms with Crippen molar-refractivity contribution in [3.8, 4) is 0 Å². The molecule has 134 valence electrons. The number of nitrogens with zero attached hydrogens (tertiary/aromatic N) is 1. The van der Waals surface area contributed by atoms with Crippen molar-refractivity contribution >= 4 is 16.7 Å². The number of fused-ring (bicyclic) bond motifs is 1. The standard InChI is InChI=1S/C19H19N3O4/c20-19(9-7-16(22(25)26)12-17(19)18(23)24)21-10-8-13-5-6-14-3-1-2-4-15(14)11-13/h1-7,9,11-12,17,21H,8,10,20H2,(H,23,24). The van der Waals surface area contributed by atoms with Gasteiger partial charge in [0.15, 0.2) is 0 Å². The van der Waals surface area contributed by atoms with E-state index >= 15 is 0 Å². The largest absolute Gasteiger partial charge is 0.481 e. The first-order chi connectivity index (χ1) is 12.4. The average molecular weight is 353 g/mol. The van der Waals surface area contributed by atoms with E-state index in [2.05, 4.69) is 11.4 Å². The fourth-order valence-corrected chi connectivity index (χ4v) is 3.07. The highest BCUT2D eigenvalue weighted by Gasteiger charge is 2.40. The summed E-state index contributed by atoms with van der Waals surface area (Å²) in [5.74, 6) is -2.43. The van der Waals surface area contributed by atoms with Crippen molar-refractivity contribution in [1.29, 1.82) is 0 Å². The third kappa shape index (κ3) is 3.63. The number of allylic oxidation sites excluding steroid dienone is 1. The Hall–Kier alpha value is -3.03. The molecule has 0 heterocycles. The molecule has 7 nitrogen and oxygen atoms in total. The molecule has 1 aliphatic carbocycles. The SMILES string of the molecule is NC1(NCCc2ccc3ccccc3c2)C=CC([N+](=O)[O-])=CC1C(=O)O. The zero-order chi connectivity index (χ0) is 18.7. The van der Waals surface area contributed by atoms with E-state index in [-0.39, 0.29) is 5.70 Å². The van der Waals surface area contributed by atoms with Gasteiger partial charge >= 0.3 is 5.97 Å². The molecule has 0 fully saturated rings. The lowest BCUT2D eigenvalue weighted by atomic mass is 9.87. The van der Waals surface area contributed by atoms with Crippen molar-refractivity contribution in [2.75, 3.05) is 6.54 Å². The minimum absolute atomic E-state index is 0.269. The van der Waals surface area contributed by atoms with Crippen LogP contribution in [0.5, 0.6) is 0 Å². The van der Waals surface area contributed by atoms with Crippen LogP contribution in [0.3, 0.4) is 0 Å². The van der Waals surface area contributed by atoms with Crippen LogP contribution in [0.25, 0.3) is 10.8 Å². The van der Waals surface area contributed by atoms with Gasteiger partial charge in [-0.3, -0.25) is 20.2 Å². The molecule has 0 amide bonds. The molecule has 2 aromatic carbocycles. The van der Waals surface area contributed by atoms with Crippen LogP contribution >= 0.6 is 0 Å². The smallest absolute Gasteiger partial charge is 0.314 e. The molecule has 0 saturated heterocycles. The summed E-state index contributed by atoms with van der Waals surface area (Å²) < 4.78 is 0. The number of carboxylic acids is 1. The van der Waals surface area contributed by atoms with Gasteiger partial charge in [-0.1, -0.05) is 42.5 Å². The maximum Gasteiger partial charge on any atom is 0.314 e. The van der Waals surface area contributed by atoms with E-state index in [0.29, 0.717) is 13.0 Å². The molecular weight excluding hydrogens is 334 g/mol. The lowest BCUT2D eigenvalue weighted by molar-refractivity contribution is -0.419. The zero-order valence-electron chi connectivity index (χ0n) is 14.0. The second-order valence-electron chi connectivity index (χ2n) is 6.29. The fourth-order valence-electron chi connectivity index (χ4n) is 3.07. The monoisotopic (exact) mass is 353 g/mol. The van der Waals surface area contributed by atoms with Crippen molar-refractivity contribution < 1.29 is 14.8 Å². The number of hydrogen-bond acceptors (Lipinski definition) is 5. The second-order valence-corrected chi connectivity index (χ2v) is 6.29. The van der Waals surface area contributed by atoms with Crippen molar-refractivity contribution in [2.45, 2.75) is 12.1 Å². The van der Waals surface area contributed by atoms with E-state index in [4.69, 9.17) is 5.73 Å². The lowest BCUT2D eigenvalue weighted by Crippen LogP contribution is -2.60. The first-order valence-electron chi connectivity index (χ1n) is 8.19. The van der Waals surface area contributed by atoms with Gasteiger partial charge < -0.3 is 10.8 Å². The van der Waals surface area contributed by atoms with Gasteiger partial charge in [-0.05, 0) is 28.8 Å². The minimum Gasteiger partial charge on any atom is -0.481 e. The summed E-state index contributed by atoms with van der Waals surface area (Å²) in [5.41, 5.74) is 5.62. The number of carbonyl (C=O) groups is 1. The number of nitro groups is 1. The fraction of sp³-hybridized carbons (Fsp3) is 0.211. The molecule has 0 spiro atoms. The van der Waals surface area contributed by atoms with Gasteiger partial charge in [0.25, 0.3) is 5.70 Å². The predicted molar refractivity (Wildman–Crippen MR) is 97.9 cm³/mol. The molecule has 2 atom stereocenters. The Morgan fingerprint density at radius 3 is 2.69 bits per heavy atom. The molecule has 3 rings (SSSR count). The Kier molecular flexibility index (Phi) is 4.83. The molecular formula is C19H19N3O4.